The van der Waals surface area contributed by atoms with E-state index in [4.69, 9.17) is 10.7 Å². The minimum atomic E-state index is 0.0348. The molecule has 0 radical (unpaired) electrons. The van der Waals surface area contributed by atoms with Gasteiger partial charge in [-0.2, -0.15) is 5.10 Å². The molecule has 3 heterocycles. The lowest BCUT2D eigenvalue weighted by atomic mass is 9.97. The molecule has 2 aliphatic rings. The van der Waals surface area contributed by atoms with E-state index in [0.29, 0.717) is 12.1 Å². The molecule has 0 amide bonds. The molecule has 2 atom stereocenters. The SMILES string of the molecule is CC(C)N1CCCCC1Cc1nc2n(n1)C(N)CCC2. The van der Waals surface area contributed by atoms with Gasteiger partial charge in [0.1, 0.15) is 12.0 Å². The fourth-order valence-electron chi connectivity index (χ4n) is 3.65. The van der Waals surface area contributed by atoms with Crippen LogP contribution in [0, 0.1) is 0 Å². The number of likely N-dealkylation sites (tertiary alicyclic amines) is 1. The maximum absolute atomic E-state index is 6.12. The van der Waals surface area contributed by atoms with Crippen molar-refractivity contribution in [3.8, 4) is 0 Å². The van der Waals surface area contributed by atoms with Crippen molar-refractivity contribution in [1.82, 2.24) is 19.7 Å². The van der Waals surface area contributed by atoms with Crippen molar-refractivity contribution in [3.63, 3.8) is 0 Å². The van der Waals surface area contributed by atoms with Crippen molar-refractivity contribution in [3.05, 3.63) is 11.6 Å². The second-order valence-electron chi connectivity index (χ2n) is 6.53. The second-order valence-corrected chi connectivity index (χ2v) is 6.53. The standard InChI is InChI=1S/C15H27N5/c1-11(2)19-9-4-3-6-12(19)10-14-17-15-8-5-7-13(16)20(15)18-14/h11-13H,3-10,16H2,1-2H3. The van der Waals surface area contributed by atoms with Crippen molar-refractivity contribution < 1.29 is 0 Å². The van der Waals surface area contributed by atoms with Gasteiger partial charge in [0.15, 0.2) is 5.82 Å². The van der Waals surface area contributed by atoms with E-state index in [2.05, 4.69) is 23.8 Å². The molecule has 1 fully saturated rings. The van der Waals surface area contributed by atoms with Gasteiger partial charge in [0.2, 0.25) is 0 Å². The van der Waals surface area contributed by atoms with Crippen molar-refractivity contribution >= 4 is 0 Å². The van der Waals surface area contributed by atoms with Gasteiger partial charge in [-0.3, -0.25) is 4.90 Å². The van der Waals surface area contributed by atoms with E-state index < -0.39 is 0 Å². The Bertz CT molecular complexity index is 453. The number of nitrogens with zero attached hydrogens (tertiary/aromatic N) is 4. The highest BCUT2D eigenvalue weighted by Gasteiger charge is 2.27. The summed E-state index contributed by atoms with van der Waals surface area (Å²) in [5.41, 5.74) is 6.12. The Morgan fingerprint density at radius 3 is 2.85 bits per heavy atom. The van der Waals surface area contributed by atoms with Gasteiger partial charge in [-0.15, -0.1) is 0 Å². The smallest absolute Gasteiger partial charge is 0.152 e. The molecule has 1 saturated heterocycles. The lowest BCUT2D eigenvalue weighted by Gasteiger charge is -2.38. The van der Waals surface area contributed by atoms with Crippen LogP contribution in [0.25, 0.3) is 0 Å². The summed E-state index contributed by atoms with van der Waals surface area (Å²) < 4.78 is 1.96. The molecule has 1 aromatic heterocycles. The number of piperidine rings is 1. The summed E-state index contributed by atoms with van der Waals surface area (Å²) >= 11 is 0. The van der Waals surface area contributed by atoms with E-state index in [9.17, 15) is 0 Å². The quantitative estimate of drug-likeness (QED) is 0.916. The largest absolute Gasteiger partial charge is 0.310 e. The van der Waals surface area contributed by atoms with Gasteiger partial charge < -0.3 is 5.73 Å². The third kappa shape index (κ3) is 2.74. The van der Waals surface area contributed by atoms with Gasteiger partial charge >= 0.3 is 0 Å². The van der Waals surface area contributed by atoms with Crippen molar-refractivity contribution in [2.45, 2.75) is 77.0 Å². The maximum Gasteiger partial charge on any atom is 0.152 e. The molecule has 5 heteroatoms. The van der Waals surface area contributed by atoms with E-state index in [-0.39, 0.29) is 6.17 Å². The molecule has 2 N–H and O–H groups in total. The average Bonchev–Trinajstić information content (AvgIpc) is 2.83. The first-order valence-electron chi connectivity index (χ1n) is 8.11. The minimum Gasteiger partial charge on any atom is -0.310 e. The Morgan fingerprint density at radius 2 is 2.10 bits per heavy atom. The van der Waals surface area contributed by atoms with Crippen LogP contribution in [0.2, 0.25) is 0 Å². The fraction of sp³-hybridized carbons (Fsp3) is 0.867. The van der Waals surface area contributed by atoms with Crippen molar-refractivity contribution in [2.75, 3.05) is 6.54 Å². The van der Waals surface area contributed by atoms with Crippen molar-refractivity contribution in [2.24, 2.45) is 5.73 Å². The zero-order valence-electron chi connectivity index (χ0n) is 12.8. The molecule has 0 aliphatic carbocycles. The molecule has 0 bridgehead atoms. The maximum atomic E-state index is 6.12. The monoisotopic (exact) mass is 277 g/mol. The lowest BCUT2D eigenvalue weighted by Crippen LogP contribution is -2.45. The van der Waals surface area contributed by atoms with Crippen LogP contribution in [0.15, 0.2) is 0 Å². The number of fused-ring (bicyclic) bond motifs is 1. The number of aromatic nitrogens is 3. The summed E-state index contributed by atoms with van der Waals surface area (Å²) in [6.45, 7) is 5.80. The van der Waals surface area contributed by atoms with Crippen LogP contribution in [0.3, 0.4) is 0 Å². The van der Waals surface area contributed by atoms with E-state index >= 15 is 0 Å². The topological polar surface area (TPSA) is 60.0 Å². The summed E-state index contributed by atoms with van der Waals surface area (Å²) in [4.78, 5) is 7.35. The highest BCUT2D eigenvalue weighted by molar-refractivity contribution is 5.00. The fourth-order valence-corrected chi connectivity index (χ4v) is 3.65. The van der Waals surface area contributed by atoms with Crippen molar-refractivity contribution in [1.29, 1.82) is 0 Å². The molecular formula is C15H27N5. The molecular weight excluding hydrogens is 250 g/mol. The molecule has 0 saturated carbocycles. The summed E-state index contributed by atoms with van der Waals surface area (Å²) in [5, 5.41) is 4.67. The third-order valence-corrected chi connectivity index (χ3v) is 4.71. The third-order valence-electron chi connectivity index (χ3n) is 4.71. The first-order valence-corrected chi connectivity index (χ1v) is 8.11. The molecule has 2 aliphatic heterocycles. The minimum absolute atomic E-state index is 0.0348. The molecule has 0 aromatic carbocycles. The summed E-state index contributed by atoms with van der Waals surface area (Å²) in [5.74, 6) is 2.08. The van der Waals surface area contributed by atoms with Crippen LogP contribution in [-0.4, -0.2) is 38.3 Å². The predicted molar refractivity (Wildman–Crippen MR) is 79.4 cm³/mol. The summed E-state index contributed by atoms with van der Waals surface area (Å²) in [6.07, 6.45) is 8.14. The number of aryl methyl sites for hydroxylation is 1. The highest BCUT2D eigenvalue weighted by Crippen LogP contribution is 2.24. The van der Waals surface area contributed by atoms with Crippen LogP contribution in [0.5, 0.6) is 0 Å². The van der Waals surface area contributed by atoms with Gasteiger partial charge in [-0.05, 0) is 46.1 Å². The number of hydrogen-bond acceptors (Lipinski definition) is 4. The average molecular weight is 277 g/mol. The lowest BCUT2D eigenvalue weighted by molar-refractivity contribution is 0.110. The summed E-state index contributed by atoms with van der Waals surface area (Å²) in [6, 6.07) is 1.21. The van der Waals surface area contributed by atoms with Gasteiger partial charge in [0, 0.05) is 24.9 Å². The number of nitrogens with two attached hydrogens (primary N) is 1. The molecule has 5 nitrogen and oxygen atoms in total. The number of hydrogen-bond donors (Lipinski definition) is 1. The van der Waals surface area contributed by atoms with Crippen LogP contribution < -0.4 is 5.73 Å². The highest BCUT2D eigenvalue weighted by atomic mass is 15.4. The molecule has 20 heavy (non-hydrogen) atoms. The molecule has 2 unspecified atom stereocenters. The summed E-state index contributed by atoms with van der Waals surface area (Å²) in [7, 11) is 0. The Hall–Kier alpha value is -0.940. The molecule has 3 rings (SSSR count). The Labute approximate surface area is 121 Å². The van der Waals surface area contributed by atoms with Crippen LogP contribution in [0.1, 0.15) is 63.8 Å². The first kappa shape index (κ1) is 14.0. The zero-order chi connectivity index (χ0) is 14.1. The Morgan fingerprint density at radius 1 is 1.25 bits per heavy atom. The first-order chi connectivity index (χ1) is 9.65. The van der Waals surface area contributed by atoms with E-state index in [1.165, 1.54) is 25.8 Å². The number of rotatable bonds is 3. The Balaban J connectivity index is 1.73. The van der Waals surface area contributed by atoms with Gasteiger partial charge in [0.25, 0.3) is 0 Å². The van der Waals surface area contributed by atoms with E-state index in [0.717, 1.165) is 37.3 Å². The molecule has 1 aromatic rings. The van der Waals surface area contributed by atoms with Crippen LogP contribution >= 0.6 is 0 Å². The Kier molecular flexibility index (Phi) is 4.08. The van der Waals surface area contributed by atoms with E-state index in [1.54, 1.807) is 0 Å². The normalized spacial score (nSPS) is 27.8. The predicted octanol–water partition coefficient (Wildman–Crippen LogP) is 1.88. The van der Waals surface area contributed by atoms with Crippen LogP contribution in [0.4, 0.5) is 0 Å². The molecule has 112 valence electrons. The van der Waals surface area contributed by atoms with Gasteiger partial charge in [-0.1, -0.05) is 6.42 Å². The zero-order valence-corrected chi connectivity index (χ0v) is 12.8. The van der Waals surface area contributed by atoms with Gasteiger partial charge in [-0.25, -0.2) is 9.67 Å². The van der Waals surface area contributed by atoms with E-state index in [1.807, 2.05) is 4.68 Å². The van der Waals surface area contributed by atoms with Gasteiger partial charge in [0.05, 0.1) is 0 Å². The molecule has 0 spiro atoms. The van der Waals surface area contributed by atoms with Crippen LogP contribution in [-0.2, 0) is 12.8 Å². The second kappa shape index (κ2) is 5.82.